The number of piperazine rings is 1. The molecule has 1 heterocycles. The molecule has 1 aromatic carbocycles. The molecule has 0 aliphatic carbocycles. The van der Waals surface area contributed by atoms with E-state index in [1.807, 2.05) is 24.3 Å². The number of hydrogen-bond acceptors (Lipinski definition) is 5. The predicted octanol–water partition coefficient (Wildman–Crippen LogP) is 0.353. The van der Waals surface area contributed by atoms with Crippen LogP contribution >= 0.6 is 0 Å². The van der Waals surface area contributed by atoms with Crippen LogP contribution in [-0.2, 0) is 9.53 Å². The van der Waals surface area contributed by atoms with Gasteiger partial charge in [-0.2, -0.15) is 0 Å². The highest BCUT2D eigenvalue weighted by atomic mass is 16.5. The van der Waals surface area contributed by atoms with Crippen molar-refractivity contribution in [2.75, 3.05) is 58.0 Å². The van der Waals surface area contributed by atoms with Crippen molar-refractivity contribution in [3.63, 3.8) is 0 Å². The molecular weight excluding hydrogens is 272 g/mol. The van der Waals surface area contributed by atoms with Gasteiger partial charge in [0.1, 0.15) is 12.4 Å². The maximum absolute atomic E-state index is 11.9. The fourth-order valence-electron chi connectivity index (χ4n) is 2.32. The minimum Gasteiger partial charge on any atom is -0.497 e. The third-order valence-corrected chi connectivity index (χ3v) is 3.53. The van der Waals surface area contributed by atoms with Gasteiger partial charge >= 0.3 is 0 Å². The molecule has 116 valence electrons. The molecule has 0 unspecified atom stereocenters. The number of anilines is 1. The lowest BCUT2D eigenvalue weighted by Crippen LogP contribution is -2.49. The summed E-state index contributed by atoms with van der Waals surface area (Å²) in [5, 5.41) is 8.62. The molecule has 2 rings (SSSR count). The quantitative estimate of drug-likeness (QED) is 0.767. The fraction of sp³-hybridized carbons (Fsp3) is 0.533. The molecule has 1 N–H and O–H groups in total. The maximum Gasteiger partial charge on any atom is 0.248 e. The van der Waals surface area contributed by atoms with Gasteiger partial charge in [-0.3, -0.25) is 4.79 Å². The summed E-state index contributed by atoms with van der Waals surface area (Å²) in [6, 6.07) is 7.94. The monoisotopic (exact) mass is 294 g/mol. The van der Waals surface area contributed by atoms with E-state index in [9.17, 15) is 4.79 Å². The zero-order valence-electron chi connectivity index (χ0n) is 12.3. The smallest absolute Gasteiger partial charge is 0.248 e. The third kappa shape index (κ3) is 4.34. The lowest BCUT2D eigenvalue weighted by Gasteiger charge is -2.36. The molecule has 0 radical (unpaired) electrons. The van der Waals surface area contributed by atoms with Gasteiger partial charge in [-0.1, -0.05) is 0 Å². The Morgan fingerprint density at radius 2 is 1.86 bits per heavy atom. The molecule has 1 aliphatic rings. The second kappa shape index (κ2) is 7.85. The first-order chi connectivity index (χ1) is 10.2. The summed E-state index contributed by atoms with van der Waals surface area (Å²) in [6.07, 6.45) is 0. The van der Waals surface area contributed by atoms with Gasteiger partial charge in [0.2, 0.25) is 5.91 Å². The van der Waals surface area contributed by atoms with Gasteiger partial charge in [0.05, 0.1) is 20.3 Å². The Balaban J connectivity index is 1.80. The van der Waals surface area contributed by atoms with Gasteiger partial charge in [-0.15, -0.1) is 0 Å². The van der Waals surface area contributed by atoms with E-state index in [1.54, 1.807) is 12.0 Å². The van der Waals surface area contributed by atoms with E-state index in [0.29, 0.717) is 13.1 Å². The molecular formula is C15H22N2O4. The summed E-state index contributed by atoms with van der Waals surface area (Å²) in [5.74, 6) is 0.825. The molecule has 21 heavy (non-hydrogen) atoms. The SMILES string of the molecule is COc1ccc(N2CCN(C(=O)COCCO)CC2)cc1. The summed E-state index contributed by atoms with van der Waals surface area (Å²) < 4.78 is 10.2. The van der Waals surface area contributed by atoms with Crippen molar-refractivity contribution in [1.82, 2.24) is 4.90 Å². The van der Waals surface area contributed by atoms with Crippen LogP contribution in [0, 0.1) is 0 Å². The summed E-state index contributed by atoms with van der Waals surface area (Å²) in [5.41, 5.74) is 1.14. The lowest BCUT2D eigenvalue weighted by molar-refractivity contribution is -0.136. The zero-order chi connectivity index (χ0) is 15.1. The molecule has 0 saturated carbocycles. The van der Waals surface area contributed by atoms with Crippen molar-refractivity contribution in [1.29, 1.82) is 0 Å². The van der Waals surface area contributed by atoms with Crippen molar-refractivity contribution in [3.05, 3.63) is 24.3 Å². The minimum atomic E-state index is -0.0570. The van der Waals surface area contributed by atoms with Crippen molar-refractivity contribution in [2.24, 2.45) is 0 Å². The molecule has 6 heteroatoms. The number of methoxy groups -OCH3 is 1. The number of hydrogen-bond donors (Lipinski definition) is 1. The minimum absolute atomic E-state index is 0.0159. The normalized spacial score (nSPS) is 15.1. The highest BCUT2D eigenvalue weighted by molar-refractivity contribution is 5.77. The number of benzene rings is 1. The van der Waals surface area contributed by atoms with Crippen molar-refractivity contribution >= 4 is 11.6 Å². The second-order valence-corrected chi connectivity index (χ2v) is 4.84. The van der Waals surface area contributed by atoms with Crippen LogP contribution in [0.5, 0.6) is 5.75 Å². The van der Waals surface area contributed by atoms with Crippen LogP contribution in [0.1, 0.15) is 0 Å². The summed E-state index contributed by atoms with van der Waals surface area (Å²) in [6.45, 7) is 3.18. The molecule has 1 aliphatic heterocycles. The van der Waals surface area contributed by atoms with Crippen molar-refractivity contribution < 1.29 is 19.4 Å². The van der Waals surface area contributed by atoms with Gasteiger partial charge in [0, 0.05) is 31.9 Å². The van der Waals surface area contributed by atoms with Crippen LogP contribution in [0.2, 0.25) is 0 Å². The van der Waals surface area contributed by atoms with E-state index < -0.39 is 0 Å². The number of rotatable bonds is 6. The number of nitrogens with zero attached hydrogens (tertiary/aromatic N) is 2. The Labute approximate surface area is 124 Å². The summed E-state index contributed by atoms with van der Waals surface area (Å²) >= 11 is 0. The van der Waals surface area contributed by atoms with Crippen LogP contribution in [0.15, 0.2) is 24.3 Å². The van der Waals surface area contributed by atoms with Gasteiger partial charge < -0.3 is 24.4 Å². The largest absolute Gasteiger partial charge is 0.497 e. The molecule has 0 aromatic heterocycles. The number of carbonyl (C=O) groups excluding carboxylic acids is 1. The van der Waals surface area contributed by atoms with E-state index in [-0.39, 0.29) is 25.7 Å². The zero-order valence-corrected chi connectivity index (χ0v) is 12.3. The second-order valence-electron chi connectivity index (χ2n) is 4.84. The molecule has 1 aromatic rings. The standard InChI is InChI=1S/C15H22N2O4/c1-20-14-4-2-13(3-5-14)16-6-8-17(9-7-16)15(19)12-21-11-10-18/h2-5,18H,6-12H2,1H3. The number of aliphatic hydroxyl groups is 1. The lowest BCUT2D eigenvalue weighted by atomic mass is 10.2. The van der Waals surface area contributed by atoms with Gasteiger partial charge in [0.25, 0.3) is 0 Å². The van der Waals surface area contributed by atoms with Crippen LogP contribution in [-0.4, -0.2) is 69.0 Å². The highest BCUT2D eigenvalue weighted by Gasteiger charge is 2.21. The molecule has 1 amide bonds. The molecule has 1 saturated heterocycles. The van der Waals surface area contributed by atoms with Crippen molar-refractivity contribution in [3.8, 4) is 5.75 Å². The van der Waals surface area contributed by atoms with E-state index in [0.717, 1.165) is 24.5 Å². The van der Waals surface area contributed by atoms with Crippen LogP contribution < -0.4 is 9.64 Å². The molecule has 6 nitrogen and oxygen atoms in total. The number of ether oxygens (including phenoxy) is 2. The van der Waals surface area contributed by atoms with Gasteiger partial charge in [0.15, 0.2) is 0 Å². The van der Waals surface area contributed by atoms with E-state index in [1.165, 1.54) is 0 Å². The Morgan fingerprint density at radius 3 is 2.43 bits per heavy atom. The third-order valence-electron chi connectivity index (χ3n) is 3.53. The Bertz CT molecular complexity index is 441. The average Bonchev–Trinajstić information content (AvgIpc) is 2.55. The molecule has 1 fully saturated rings. The topological polar surface area (TPSA) is 62.2 Å². The predicted molar refractivity (Wildman–Crippen MR) is 79.7 cm³/mol. The first kappa shape index (κ1) is 15.6. The molecule has 0 spiro atoms. The van der Waals surface area contributed by atoms with Gasteiger partial charge in [-0.05, 0) is 24.3 Å². The average molecular weight is 294 g/mol. The molecule has 0 bridgehead atoms. The number of aliphatic hydroxyl groups excluding tert-OH is 1. The highest BCUT2D eigenvalue weighted by Crippen LogP contribution is 2.20. The van der Waals surface area contributed by atoms with Crippen LogP contribution in [0.3, 0.4) is 0 Å². The Morgan fingerprint density at radius 1 is 1.19 bits per heavy atom. The fourth-order valence-corrected chi connectivity index (χ4v) is 2.32. The van der Waals surface area contributed by atoms with E-state index in [4.69, 9.17) is 14.6 Å². The van der Waals surface area contributed by atoms with E-state index >= 15 is 0 Å². The van der Waals surface area contributed by atoms with Crippen molar-refractivity contribution in [2.45, 2.75) is 0 Å². The number of carbonyl (C=O) groups is 1. The van der Waals surface area contributed by atoms with Gasteiger partial charge in [-0.25, -0.2) is 0 Å². The first-order valence-corrected chi connectivity index (χ1v) is 7.10. The van der Waals surface area contributed by atoms with Crippen LogP contribution in [0.4, 0.5) is 5.69 Å². The van der Waals surface area contributed by atoms with Crippen LogP contribution in [0.25, 0.3) is 0 Å². The summed E-state index contributed by atoms with van der Waals surface area (Å²) in [7, 11) is 1.65. The number of amides is 1. The maximum atomic E-state index is 11.9. The Hall–Kier alpha value is -1.79. The van der Waals surface area contributed by atoms with E-state index in [2.05, 4.69) is 4.90 Å². The first-order valence-electron chi connectivity index (χ1n) is 7.10. The molecule has 0 atom stereocenters. The Kier molecular flexibility index (Phi) is 5.83. The summed E-state index contributed by atoms with van der Waals surface area (Å²) in [4.78, 5) is 15.9.